The molecule has 0 heterocycles. The summed E-state index contributed by atoms with van der Waals surface area (Å²) < 4.78 is 0. The van der Waals surface area contributed by atoms with Gasteiger partial charge < -0.3 is 10.6 Å². The number of hydrogen-bond donors (Lipinski definition) is 2. The Labute approximate surface area is 228 Å². The number of carbonyl (C=O) groups is 2. The molecule has 2 amide bonds. The SMILES string of the molecule is CCCCNC(=O)CN(CCCN(CC(=O)NCc1ccccc1)Cc1ccccc1)Cc1ccccc1. The molecule has 202 valence electrons. The molecule has 2 N–H and O–H groups in total. The monoisotopic (exact) mass is 514 g/mol. The summed E-state index contributed by atoms with van der Waals surface area (Å²) in [7, 11) is 0. The van der Waals surface area contributed by atoms with Crippen LogP contribution in [0.3, 0.4) is 0 Å². The second-order valence-electron chi connectivity index (χ2n) is 9.71. The Morgan fingerprint density at radius 1 is 0.605 bits per heavy atom. The normalized spacial score (nSPS) is 11.0. The minimum atomic E-state index is 0.0150. The van der Waals surface area contributed by atoms with Gasteiger partial charge in [0.1, 0.15) is 0 Å². The van der Waals surface area contributed by atoms with E-state index >= 15 is 0 Å². The molecule has 0 unspecified atom stereocenters. The molecule has 6 heteroatoms. The molecule has 3 rings (SSSR count). The van der Waals surface area contributed by atoms with E-state index in [-0.39, 0.29) is 11.8 Å². The fourth-order valence-electron chi connectivity index (χ4n) is 4.35. The molecule has 0 atom stereocenters. The molecule has 0 bridgehead atoms. The molecule has 0 radical (unpaired) electrons. The molecule has 0 aliphatic carbocycles. The Kier molecular flexibility index (Phi) is 13.1. The summed E-state index contributed by atoms with van der Waals surface area (Å²) in [5.74, 6) is 0.0806. The maximum absolute atomic E-state index is 12.8. The maximum Gasteiger partial charge on any atom is 0.234 e. The van der Waals surface area contributed by atoms with Crippen LogP contribution in [0, 0.1) is 0 Å². The zero-order valence-corrected chi connectivity index (χ0v) is 22.6. The lowest BCUT2D eigenvalue weighted by Crippen LogP contribution is -2.40. The van der Waals surface area contributed by atoms with Gasteiger partial charge in [0.25, 0.3) is 0 Å². The number of amides is 2. The zero-order valence-electron chi connectivity index (χ0n) is 22.6. The lowest BCUT2D eigenvalue weighted by molar-refractivity contribution is -0.123. The number of nitrogens with one attached hydrogen (secondary N) is 2. The Morgan fingerprint density at radius 3 is 1.53 bits per heavy atom. The molecular formula is C32H42N4O2. The number of rotatable bonds is 17. The van der Waals surface area contributed by atoms with Crippen LogP contribution in [0.15, 0.2) is 91.0 Å². The van der Waals surface area contributed by atoms with Crippen LogP contribution in [-0.2, 0) is 29.2 Å². The summed E-state index contributed by atoms with van der Waals surface area (Å²) in [4.78, 5) is 29.8. The van der Waals surface area contributed by atoms with Crippen LogP contribution in [0.2, 0.25) is 0 Å². The predicted molar refractivity (Wildman–Crippen MR) is 154 cm³/mol. The second kappa shape index (κ2) is 17.1. The predicted octanol–water partition coefficient (Wildman–Crippen LogP) is 4.61. The van der Waals surface area contributed by atoms with Crippen molar-refractivity contribution in [3.05, 3.63) is 108 Å². The average molecular weight is 515 g/mol. The molecule has 0 saturated carbocycles. The summed E-state index contributed by atoms with van der Waals surface area (Å²) in [6.07, 6.45) is 2.91. The molecule has 0 saturated heterocycles. The number of benzene rings is 3. The van der Waals surface area contributed by atoms with E-state index in [1.54, 1.807) is 0 Å². The Bertz CT molecular complexity index is 1060. The fraction of sp³-hybridized carbons (Fsp3) is 0.375. The molecule has 6 nitrogen and oxygen atoms in total. The van der Waals surface area contributed by atoms with Crippen molar-refractivity contribution in [2.24, 2.45) is 0 Å². The first-order valence-electron chi connectivity index (χ1n) is 13.7. The zero-order chi connectivity index (χ0) is 26.8. The van der Waals surface area contributed by atoms with Crippen molar-refractivity contribution in [1.29, 1.82) is 0 Å². The van der Waals surface area contributed by atoms with E-state index in [4.69, 9.17) is 0 Å². The van der Waals surface area contributed by atoms with Gasteiger partial charge in [-0.05, 0) is 29.5 Å². The van der Waals surface area contributed by atoms with Gasteiger partial charge in [-0.3, -0.25) is 19.4 Å². The van der Waals surface area contributed by atoms with Gasteiger partial charge in [0.15, 0.2) is 0 Å². The molecular weight excluding hydrogens is 472 g/mol. The van der Waals surface area contributed by atoms with Gasteiger partial charge in [-0.25, -0.2) is 0 Å². The van der Waals surface area contributed by atoms with E-state index in [0.29, 0.717) is 26.2 Å². The van der Waals surface area contributed by atoms with Crippen LogP contribution in [0.25, 0.3) is 0 Å². The first-order valence-corrected chi connectivity index (χ1v) is 13.7. The van der Waals surface area contributed by atoms with Crippen molar-refractivity contribution in [3.63, 3.8) is 0 Å². The van der Waals surface area contributed by atoms with Crippen molar-refractivity contribution in [1.82, 2.24) is 20.4 Å². The topological polar surface area (TPSA) is 64.7 Å². The molecule has 3 aromatic rings. The van der Waals surface area contributed by atoms with Gasteiger partial charge in [0.05, 0.1) is 13.1 Å². The van der Waals surface area contributed by atoms with E-state index in [1.165, 1.54) is 11.1 Å². The van der Waals surface area contributed by atoms with Gasteiger partial charge >= 0.3 is 0 Å². The highest BCUT2D eigenvalue weighted by Gasteiger charge is 2.15. The van der Waals surface area contributed by atoms with Crippen LogP contribution >= 0.6 is 0 Å². The van der Waals surface area contributed by atoms with E-state index in [9.17, 15) is 9.59 Å². The highest BCUT2D eigenvalue weighted by Crippen LogP contribution is 2.09. The van der Waals surface area contributed by atoms with Crippen LogP contribution in [0.5, 0.6) is 0 Å². The average Bonchev–Trinajstić information content (AvgIpc) is 2.93. The van der Waals surface area contributed by atoms with E-state index in [0.717, 1.165) is 51.0 Å². The quantitative estimate of drug-likeness (QED) is 0.258. The number of carbonyl (C=O) groups excluding carboxylic acids is 2. The summed E-state index contributed by atoms with van der Waals surface area (Å²) in [6.45, 7) is 7.02. The van der Waals surface area contributed by atoms with Crippen LogP contribution in [0.4, 0.5) is 0 Å². The molecule has 3 aromatic carbocycles. The Balaban J connectivity index is 1.57. The summed E-state index contributed by atoms with van der Waals surface area (Å²) >= 11 is 0. The third kappa shape index (κ3) is 11.7. The number of unbranched alkanes of at least 4 members (excludes halogenated alkanes) is 1. The summed E-state index contributed by atoms with van der Waals surface area (Å²) in [6, 6.07) is 30.5. The third-order valence-corrected chi connectivity index (χ3v) is 6.37. The smallest absolute Gasteiger partial charge is 0.234 e. The summed E-state index contributed by atoms with van der Waals surface area (Å²) in [5.41, 5.74) is 3.46. The van der Waals surface area contributed by atoms with Gasteiger partial charge in [0, 0.05) is 39.3 Å². The first kappa shape index (κ1) is 29.1. The minimum Gasteiger partial charge on any atom is -0.355 e. The fourth-order valence-corrected chi connectivity index (χ4v) is 4.35. The van der Waals surface area contributed by atoms with Crippen LogP contribution < -0.4 is 10.6 Å². The molecule has 0 aliphatic rings. The van der Waals surface area contributed by atoms with E-state index in [1.807, 2.05) is 66.7 Å². The Morgan fingerprint density at radius 2 is 1.05 bits per heavy atom. The molecule has 0 aliphatic heterocycles. The van der Waals surface area contributed by atoms with Gasteiger partial charge in [-0.15, -0.1) is 0 Å². The van der Waals surface area contributed by atoms with E-state index in [2.05, 4.69) is 51.6 Å². The molecule has 0 spiro atoms. The standard InChI is InChI=1S/C32H42N4O2/c1-2-3-20-33-31(37)26-35(24-29-16-9-5-10-17-29)21-13-22-36(25-30-18-11-6-12-19-30)27-32(38)34-23-28-14-7-4-8-15-28/h4-12,14-19H,2-3,13,20-27H2,1H3,(H,33,37)(H,34,38). The highest BCUT2D eigenvalue weighted by molar-refractivity contribution is 5.78. The maximum atomic E-state index is 12.8. The van der Waals surface area contributed by atoms with Crippen LogP contribution in [-0.4, -0.2) is 54.3 Å². The van der Waals surface area contributed by atoms with Crippen LogP contribution in [0.1, 0.15) is 42.9 Å². The summed E-state index contributed by atoms with van der Waals surface area (Å²) in [5, 5.41) is 6.09. The Hall–Kier alpha value is -3.48. The number of hydrogen-bond acceptors (Lipinski definition) is 4. The van der Waals surface area contributed by atoms with Crippen molar-refractivity contribution < 1.29 is 9.59 Å². The lowest BCUT2D eigenvalue weighted by Gasteiger charge is -2.25. The molecule has 0 aromatic heterocycles. The molecule has 38 heavy (non-hydrogen) atoms. The largest absolute Gasteiger partial charge is 0.355 e. The number of nitrogens with zero attached hydrogens (tertiary/aromatic N) is 2. The van der Waals surface area contributed by atoms with Crippen molar-refractivity contribution in [2.45, 2.75) is 45.8 Å². The van der Waals surface area contributed by atoms with Crippen molar-refractivity contribution >= 4 is 11.8 Å². The lowest BCUT2D eigenvalue weighted by atomic mass is 10.2. The highest BCUT2D eigenvalue weighted by atomic mass is 16.2. The van der Waals surface area contributed by atoms with Gasteiger partial charge in [-0.1, -0.05) is 104 Å². The second-order valence-corrected chi connectivity index (χ2v) is 9.71. The third-order valence-electron chi connectivity index (χ3n) is 6.37. The first-order chi connectivity index (χ1) is 18.6. The van der Waals surface area contributed by atoms with Gasteiger partial charge in [0.2, 0.25) is 11.8 Å². The van der Waals surface area contributed by atoms with Crippen molar-refractivity contribution in [3.8, 4) is 0 Å². The van der Waals surface area contributed by atoms with Gasteiger partial charge in [-0.2, -0.15) is 0 Å². The minimum absolute atomic E-state index is 0.0150. The van der Waals surface area contributed by atoms with Crippen molar-refractivity contribution in [2.75, 3.05) is 32.7 Å². The van der Waals surface area contributed by atoms with E-state index < -0.39 is 0 Å². The molecule has 0 fully saturated rings.